The quantitative estimate of drug-likeness (QED) is 0.623. The fourth-order valence-corrected chi connectivity index (χ4v) is 5.10. The molecule has 166 valence electrons. The van der Waals surface area contributed by atoms with Gasteiger partial charge < -0.3 is 10.1 Å². The standard InChI is InChI=1S/C25H26N2O4S/c1-19-7-9-21(10-8-19)24(20-5-3-2-4-6-20)26-25(28)22-11-13-23(14-12-22)32(29,30)27-15-17-31-18-16-27/h2-14,24H,15-18H2,1H3,(H,26,28). The number of carbonyl (C=O) groups is 1. The SMILES string of the molecule is Cc1ccc(C(NC(=O)c2ccc(S(=O)(=O)N3CCOCC3)cc2)c2ccccc2)cc1. The molecule has 0 saturated carbocycles. The van der Waals surface area contributed by atoms with Crippen LogP contribution in [0.4, 0.5) is 0 Å². The van der Waals surface area contributed by atoms with Gasteiger partial charge in [0.15, 0.2) is 0 Å². The summed E-state index contributed by atoms with van der Waals surface area (Å²) in [4.78, 5) is 13.2. The molecule has 1 aliphatic rings. The molecule has 0 aromatic heterocycles. The number of sulfonamides is 1. The van der Waals surface area contributed by atoms with Crippen molar-refractivity contribution in [1.82, 2.24) is 9.62 Å². The molecule has 4 rings (SSSR count). The number of ether oxygens (including phenoxy) is 1. The van der Waals surface area contributed by atoms with E-state index in [9.17, 15) is 13.2 Å². The van der Waals surface area contributed by atoms with Crippen LogP contribution in [0.25, 0.3) is 0 Å². The molecule has 1 fully saturated rings. The molecule has 6 nitrogen and oxygen atoms in total. The summed E-state index contributed by atoms with van der Waals surface area (Å²) < 4.78 is 32.3. The number of morpholine rings is 1. The Hall–Kier alpha value is -3.00. The molecule has 3 aromatic carbocycles. The van der Waals surface area contributed by atoms with Crippen molar-refractivity contribution in [2.75, 3.05) is 26.3 Å². The van der Waals surface area contributed by atoms with E-state index in [-0.39, 0.29) is 16.8 Å². The van der Waals surface area contributed by atoms with E-state index in [0.717, 1.165) is 16.7 Å². The van der Waals surface area contributed by atoms with Crippen LogP contribution < -0.4 is 5.32 Å². The third-order valence-corrected chi connectivity index (χ3v) is 7.46. The Bertz CT molecular complexity index is 1150. The minimum Gasteiger partial charge on any atom is -0.379 e. The van der Waals surface area contributed by atoms with Crippen LogP contribution in [0.3, 0.4) is 0 Å². The molecule has 1 saturated heterocycles. The van der Waals surface area contributed by atoms with Gasteiger partial charge in [-0.25, -0.2) is 8.42 Å². The van der Waals surface area contributed by atoms with Gasteiger partial charge >= 0.3 is 0 Å². The molecule has 0 bridgehead atoms. The van der Waals surface area contributed by atoms with Crippen molar-refractivity contribution in [3.8, 4) is 0 Å². The van der Waals surface area contributed by atoms with E-state index >= 15 is 0 Å². The van der Waals surface area contributed by atoms with Crippen LogP contribution in [-0.4, -0.2) is 44.9 Å². The molecule has 32 heavy (non-hydrogen) atoms. The average molecular weight is 451 g/mol. The minimum atomic E-state index is -3.60. The highest BCUT2D eigenvalue weighted by molar-refractivity contribution is 7.89. The van der Waals surface area contributed by atoms with Crippen LogP contribution >= 0.6 is 0 Å². The molecule has 3 aromatic rings. The van der Waals surface area contributed by atoms with Crippen LogP contribution in [0.5, 0.6) is 0 Å². The van der Waals surface area contributed by atoms with Gasteiger partial charge in [-0.05, 0) is 42.3 Å². The molecular weight excluding hydrogens is 424 g/mol. The molecule has 0 radical (unpaired) electrons. The Kier molecular flexibility index (Phi) is 6.69. The molecular formula is C25H26N2O4S. The van der Waals surface area contributed by atoms with Crippen LogP contribution in [0, 0.1) is 6.92 Å². The Balaban J connectivity index is 1.55. The van der Waals surface area contributed by atoms with Crippen molar-refractivity contribution >= 4 is 15.9 Å². The summed E-state index contributed by atoms with van der Waals surface area (Å²) in [5.74, 6) is -0.269. The van der Waals surface area contributed by atoms with Crippen LogP contribution in [0.15, 0.2) is 83.8 Å². The maximum absolute atomic E-state index is 13.0. The zero-order valence-electron chi connectivity index (χ0n) is 17.9. The first kappa shape index (κ1) is 22.2. The first-order valence-corrected chi connectivity index (χ1v) is 12.0. The maximum atomic E-state index is 13.0. The number of benzene rings is 3. The van der Waals surface area contributed by atoms with Gasteiger partial charge in [-0.1, -0.05) is 60.2 Å². The van der Waals surface area contributed by atoms with Crippen molar-refractivity contribution in [2.24, 2.45) is 0 Å². The highest BCUT2D eigenvalue weighted by Gasteiger charge is 2.26. The lowest BCUT2D eigenvalue weighted by Gasteiger charge is -2.26. The number of carbonyl (C=O) groups excluding carboxylic acids is 1. The second kappa shape index (κ2) is 9.65. The zero-order chi connectivity index (χ0) is 22.6. The Morgan fingerprint density at radius 2 is 1.47 bits per heavy atom. The highest BCUT2D eigenvalue weighted by atomic mass is 32.2. The average Bonchev–Trinajstić information content (AvgIpc) is 2.84. The Morgan fingerprint density at radius 1 is 0.875 bits per heavy atom. The van der Waals surface area contributed by atoms with E-state index in [1.54, 1.807) is 12.1 Å². The molecule has 1 N–H and O–H groups in total. The van der Waals surface area contributed by atoms with E-state index in [1.165, 1.54) is 16.4 Å². The summed E-state index contributed by atoms with van der Waals surface area (Å²) in [6.45, 7) is 3.46. The first-order chi connectivity index (χ1) is 15.4. The van der Waals surface area contributed by atoms with Gasteiger partial charge in [0.1, 0.15) is 0 Å². The van der Waals surface area contributed by atoms with Crippen molar-refractivity contribution in [1.29, 1.82) is 0 Å². The van der Waals surface area contributed by atoms with Gasteiger partial charge in [0.2, 0.25) is 10.0 Å². The smallest absolute Gasteiger partial charge is 0.252 e. The predicted molar refractivity (Wildman–Crippen MR) is 123 cm³/mol. The summed E-state index contributed by atoms with van der Waals surface area (Å²) in [6.07, 6.45) is 0. The summed E-state index contributed by atoms with van der Waals surface area (Å²) in [7, 11) is -3.60. The van der Waals surface area contributed by atoms with Gasteiger partial charge in [-0.15, -0.1) is 0 Å². The largest absolute Gasteiger partial charge is 0.379 e. The fraction of sp³-hybridized carbons (Fsp3) is 0.240. The van der Waals surface area contributed by atoms with E-state index in [4.69, 9.17) is 4.74 Å². The lowest BCUT2D eigenvalue weighted by atomic mass is 9.97. The lowest BCUT2D eigenvalue weighted by Crippen LogP contribution is -2.40. The second-order valence-corrected chi connectivity index (χ2v) is 9.71. The van der Waals surface area contributed by atoms with Gasteiger partial charge in [0.05, 0.1) is 24.2 Å². The van der Waals surface area contributed by atoms with Gasteiger partial charge in [-0.2, -0.15) is 4.31 Å². The second-order valence-electron chi connectivity index (χ2n) is 7.77. The van der Waals surface area contributed by atoms with Crippen molar-refractivity contribution in [3.05, 3.63) is 101 Å². The molecule has 1 atom stereocenters. The number of aryl methyl sites for hydroxylation is 1. The minimum absolute atomic E-state index is 0.175. The fourth-order valence-electron chi connectivity index (χ4n) is 3.69. The van der Waals surface area contributed by atoms with Gasteiger partial charge in [-0.3, -0.25) is 4.79 Å². The summed E-state index contributed by atoms with van der Waals surface area (Å²) >= 11 is 0. The first-order valence-electron chi connectivity index (χ1n) is 10.6. The van der Waals surface area contributed by atoms with Crippen LogP contribution in [-0.2, 0) is 14.8 Å². The van der Waals surface area contributed by atoms with E-state index < -0.39 is 10.0 Å². The summed E-state index contributed by atoms with van der Waals surface area (Å²) in [5, 5.41) is 3.09. The Morgan fingerprint density at radius 3 is 2.09 bits per heavy atom. The number of amides is 1. The van der Waals surface area contributed by atoms with E-state index in [1.807, 2.05) is 61.5 Å². The Labute approximate surface area is 188 Å². The third-order valence-electron chi connectivity index (χ3n) is 5.54. The monoisotopic (exact) mass is 450 g/mol. The van der Waals surface area contributed by atoms with Gasteiger partial charge in [0.25, 0.3) is 5.91 Å². The molecule has 1 heterocycles. The normalized spacial score (nSPS) is 15.8. The van der Waals surface area contributed by atoms with Crippen molar-refractivity contribution in [2.45, 2.75) is 17.9 Å². The molecule has 1 amide bonds. The van der Waals surface area contributed by atoms with E-state index in [0.29, 0.717) is 31.9 Å². The molecule has 1 unspecified atom stereocenters. The van der Waals surface area contributed by atoms with Crippen molar-refractivity contribution < 1.29 is 17.9 Å². The number of rotatable bonds is 6. The molecule has 7 heteroatoms. The number of hydrogen-bond donors (Lipinski definition) is 1. The summed E-state index contributed by atoms with van der Waals surface area (Å²) in [5.41, 5.74) is 3.49. The lowest BCUT2D eigenvalue weighted by molar-refractivity contribution is 0.0730. The topological polar surface area (TPSA) is 75.7 Å². The summed E-state index contributed by atoms with van der Waals surface area (Å²) in [6, 6.07) is 23.6. The number of nitrogens with zero attached hydrogens (tertiary/aromatic N) is 1. The molecule has 0 spiro atoms. The zero-order valence-corrected chi connectivity index (χ0v) is 18.7. The maximum Gasteiger partial charge on any atom is 0.252 e. The number of nitrogens with one attached hydrogen (secondary N) is 1. The van der Waals surface area contributed by atoms with Crippen LogP contribution in [0.2, 0.25) is 0 Å². The highest BCUT2D eigenvalue weighted by Crippen LogP contribution is 2.24. The predicted octanol–water partition coefficient (Wildman–Crippen LogP) is 3.54. The van der Waals surface area contributed by atoms with Gasteiger partial charge in [0, 0.05) is 18.7 Å². The van der Waals surface area contributed by atoms with Crippen molar-refractivity contribution in [3.63, 3.8) is 0 Å². The number of hydrogen-bond acceptors (Lipinski definition) is 4. The van der Waals surface area contributed by atoms with Crippen LogP contribution in [0.1, 0.15) is 33.1 Å². The molecule has 0 aliphatic carbocycles. The molecule has 1 aliphatic heterocycles. The third kappa shape index (κ3) is 4.91. The van der Waals surface area contributed by atoms with E-state index in [2.05, 4.69) is 5.32 Å².